The van der Waals surface area contributed by atoms with Crippen molar-refractivity contribution in [3.63, 3.8) is 0 Å². The third-order valence-corrected chi connectivity index (χ3v) is 3.32. The van der Waals surface area contributed by atoms with E-state index in [1.807, 2.05) is 32.0 Å². The van der Waals surface area contributed by atoms with Crippen LogP contribution >= 0.6 is 0 Å². The molecular weight excluding hydrogens is 318 g/mol. The van der Waals surface area contributed by atoms with Crippen LogP contribution in [-0.4, -0.2) is 17.7 Å². The Morgan fingerprint density at radius 3 is 1.64 bits per heavy atom. The van der Waals surface area contributed by atoms with Crippen molar-refractivity contribution in [1.29, 1.82) is 0 Å². The molecular formula is C19H21N3O3. The highest BCUT2D eigenvalue weighted by molar-refractivity contribution is 6.08. The SMILES string of the molecule is CC(=O)Nc1ccc(NC(=O)CC(=O)Nc2cc(C)cc(C)c2)cc1. The minimum atomic E-state index is -0.408. The van der Waals surface area contributed by atoms with E-state index in [-0.39, 0.29) is 18.2 Å². The summed E-state index contributed by atoms with van der Waals surface area (Å²) in [6.45, 7) is 5.31. The van der Waals surface area contributed by atoms with Crippen LogP contribution in [0.5, 0.6) is 0 Å². The Hall–Kier alpha value is -3.15. The van der Waals surface area contributed by atoms with Gasteiger partial charge in [-0.25, -0.2) is 0 Å². The normalized spacial score (nSPS) is 10.0. The van der Waals surface area contributed by atoms with Crippen molar-refractivity contribution in [3.8, 4) is 0 Å². The number of hydrogen-bond donors (Lipinski definition) is 3. The van der Waals surface area contributed by atoms with Gasteiger partial charge < -0.3 is 16.0 Å². The van der Waals surface area contributed by atoms with Crippen molar-refractivity contribution in [2.45, 2.75) is 27.2 Å². The number of amides is 3. The first-order valence-electron chi connectivity index (χ1n) is 7.87. The van der Waals surface area contributed by atoms with E-state index in [4.69, 9.17) is 0 Å². The highest BCUT2D eigenvalue weighted by atomic mass is 16.2. The van der Waals surface area contributed by atoms with E-state index in [1.165, 1.54) is 6.92 Å². The summed E-state index contributed by atoms with van der Waals surface area (Å²) >= 11 is 0. The van der Waals surface area contributed by atoms with Gasteiger partial charge in [0.15, 0.2) is 0 Å². The number of nitrogens with one attached hydrogen (secondary N) is 3. The van der Waals surface area contributed by atoms with Crippen LogP contribution in [0, 0.1) is 13.8 Å². The first-order chi connectivity index (χ1) is 11.8. The van der Waals surface area contributed by atoms with Crippen LogP contribution in [0.15, 0.2) is 42.5 Å². The molecule has 0 saturated carbocycles. The van der Waals surface area contributed by atoms with Gasteiger partial charge in [0.1, 0.15) is 6.42 Å². The van der Waals surface area contributed by atoms with Crippen molar-refractivity contribution in [3.05, 3.63) is 53.6 Å². The number of anilines is 3. The monoisotopic (exact) mass is 339 g/mol. The molecule has 0 radical (unpaired) electrons. The summed E-state index contributed by atoms with van der Waals surface area (Å²) in [5.74, 6) is -0.952. The molecule has 0 saturated heterocycles. The standard InChI is InChI=1S/C19H21N3O3/c1-12-8-13(2)10-17(9-12)22-19(25)11-18(24)21-16-6-4-15(5-7-16)20-14(3)23/h4-10H,11H2,1-3H3,(H,20,23)(H,21,24)(H,22,25). The summed E-state index contributed by atoms with van der Waals surface area (Å²) in [6.07, 6.45) is -0.277. The Morgan fingerprint density at radius 2 is 1.16 bits per heavy atom. The highest BCUT2D eigenvalue weighted by Gasteiger charge is 2.10. The summed E-state index contributed by atoms with van der Waals surface area (Å²) in [7, 11) is 0. The average molecular weight is 339 g/mol. The van der Waals surface area contributed by atoms with Crippen molar-refractivity contribution < 1.29 is 14.4 Å². The molecule has 2 aromatic carbocycles. The molecule has 2 rings (SSSR count). The first-order valence-corrected chi connectivity index (χ1v) is 7.87. The lowest BCUT2D eigenvalue weighted by Crippen LogP contribution is -2.21. The Bertz CT molecular complexity index is 778. The second-order valence-corrected chi connectivity index (χ2v) is 5.91. The summed E-state index contributed by atoms with van der Waals surface area (Å²) in [6, 6.07) is 12.4. The van der Waals surface area contributed by atoms with Gasteiger partial charge in [0.05, 0.1) is 0 Å². The molecule has 3 amide bonds. The first kappa shape index (κ1) is 18.2. The second-order valence-electron chi connectivity index (χ2n) is 5.91. The Kier molecular flexibility index (Phi) is 5.89. The lowest BCUT2D eigenvalue weighted by molar-refractivity contribution is -0.123. The maximum absolute atomic E-state index is 12.0. The second kappa shape index (κ2) is 8.10. The molecule has 0 aromatic heterocycles. The van der Waals surface area contributed by atoms with Gasteiger partial charge in [0, 0.05) is 24.0 Å². The number of rotatable bonds is 5. The lowest BCUT2D eigenvalue weighted by atomic mass is 10.1. The predicted molar refractivity (Wildman–Crippen MR) is 98.5 cm³/mol. The molecule has 0 bridgehead atoms. The molecule has 0 aliphatic rings. The zero-order valence-corrected chi connectivity index (χ0v) is 14.5. The van der Waals surface area contributed by atoms with Crippen LogP contribution in [0.1, 0.15) is 24.5 Å². The Morgan fingerprint density at radius 1 is 0.720 bits per heavy atom. The molecule has 3 N–H and O–H groups in total. The lowest BCUT2D eigenvalue weighted by Gasteiger charge is -2.09. The fraction of sp³-hybridized carbons (Fsp3) is 0.211. The van der Waals surface area contributed by atoms with Gasteiger partial charge in [-0.2, -0.15) is 0 Å². The fourth-order valence-corrected chi connectivity index (χ4v) is 2.44. The van der Waals surface area contributed by atoms with E-state index in [9.17, 15) is 14.4 Å². The number of benzene rings is 2. The number of carbonyl (C=O) groups is 3. The van der Waals surface area contributed by atoms with E-state index in [0.29, 0.717) is 17.1 Å². The molecule has 0 fully saturated rings. The maximum Gasteiger partial charge on any atom is 0.233 e. The fourth-order valence-electron chi connectivity index (χ4n) is 2.44. The van der Waals surface area contributed by atoms with Gasteiger partial charge in [0.2, 0.25) is 17.7 Å². The van der Waals surface area contributed by atoms with Gasteiger partial charge in [-0.15, -0.1) is 0 Å². The van der Waals surface area contributed by atoms with E-state index in [1.54, 1.807) is 24.3 Å². The van der Waals surface area contributed by atoms with Gasteiger partial charge in [0.25, 0.3) is 0 Å². The van der Waals surface area contributed by atoms with Crippen LogP contribution in [0.25, 0.3) is 0 Å². The molecule has 0 spiro atoms. The molecule has 0 atom stereocenters. The van der Waals surface area contributed by atoms with Gasteiger partial charge in [-0.3, -0.25) is 14.4 Å². The largest absolute Gasteiger partial charge is 0.326 e. The van der Waals surface area contributed by atoms with Crippen LogP contribution in [-0.2, 0) is 14.4 Å². The van der Waals surface area contributed by atoms with Gasteiger partial charge in [-0.05, 0) is 61.4 Å². The average Bonchev–Trinajstić information content (AvgIpc) is 2.47. The maximum atomic E-state index is 12.0. The minimum Gasteiger partial charge on any atom is -0.326 e. The number of hydrogen-bond acceptors (Lipinski definition) is 3. The zero-order chi connectivity index (χ0) is 18.4. The summed E-state index contributed by atoms with van der Waals surface area (Å²) in [4.78, 5) is 34.9. The molecule has 0 aliphatic heterocycles. The Labute approximate surface area is 146 Å². The molecule has 0 aliphatic carbocycles. The van der Waals surface area contributed by atoms with Crippen molar-refractivity contribution >= 4 is 34.8 Å². The topological polar surface area (TPSA) is 87.3 Å². The van der Waals surface area contributed by atoms with E-state index in [2.05, 4.69) is 16.0 Å². The van der Waals surface area contributed by atoms with E-state index < -0.39 is 5.91 Å². The quantitative estimate of drug-likeness (QED) is 0.731. The molecule has 2 aromatic rings. The van der Waals surface area contributed by atoms with Crippen molar-refractivity contribution in [1.82, 2.24) is 0 Å². The van der Waals surface area contributed by atoms with Crippen LogP contribution < -0.4 is 16.0 Å². The zero-order valence-electron chi connectivity index (χ0n) is 14.5. The molecule has 6 nitrogen and oxygen atoms in total. The third-order valence-electron chi connectivity index (χ3n) is 3.32. The van der Waals surface area contributed by atoms with E-state index >= 15 is 0 Å². The molecule has 0 unspecified atom stereocenters. The third kappa shape index (κ3) is 6.10. The van der Waals surface area contributed by atoms with Crippen LogP contribution in [0.3, 0.4) is 0 Å². The number of carbonyl (C=O) groups excluding carboxylic acids is 3. The Balaban J connectivity index is 1.88. The van der Waals surface area contributed by atoms with Crippen molar-refractivity contribution in [2.24, 2.45) is 0 Å². The van der Waals surface area contributed by atoms with Crippen LogP contribution in [0.4, 0.5) is 17.1 Å². The van der Waals surface area contributed by atoms with Crippen molar-refractivity contribution in [2.75, 3.05) is 16.0 Å². The van der Waals surface area contributed by atoms with E-state index in [0.717, 1.165) is 11.1 Å². The summed E-state index contributed by atoms with van der Waals surface area (Å²) in [5.41, 5.74) is 3.95. The minimum absolute atomic E-state index is 0.167. The molecule has 0 heterocycles. The molecule has 130 valence electrons. The summed E-state index contributed by atoms with van der Waals surface area (Å²) in [5, 5.41) is 8.01. The predicted octanol–water partition coefficient (Wildman–Crippen LogP) is 3.23. The molecule has 25 heavy (non-hydrogen) atoms. The molecule has 6 heteroatoms. The van der Waals surface area contributed by atoms with Gasteiger partial charge in [-0.1, -0.05) is 6.07 Å². The number of aryl methyl sites for hydroxylation is 2. The summed E-state index contributed by atoms with van der Waals surface area (Å²) < 4.78 is 0. The highest BCUT2D eigenvalue weighted by Crippen LogP contribution is 2.15. The smallest absolute Gasteiger partial charge is 0.233 e. The van der Waals surface area contributed by atoms with Gasteiger partial charge >= 0.3 is 0 Å². The van der Waals surface area contributed by atoms with Crippen LogP contribution in [0.2, 0.25) is 0 Å².